The van der Waals surface area contributed by atoms with Crippen LogP contribution in [-0.4, -0.2) is 33.9 Å². The zero-order chi connectivity index (χ0) is 18.5. The Morgan fingerprint density at radius 3 is 2.50 bits per heavy atom. The summed E-state index contributed by atoms with van der Waals surface area (Å²) in [7, 11) is 4.84. The van der Waals surface area contributed by atoms with Crippen molar-refractivity contribution >= 4 is 5.97 Å². The second-order valence-corrected chi connectivity index (χ2v) is 6.36. The van der Waals surface area contributed by atoms with Crippen molar-refractivity contribution in [2.45, 2.75) is 12.8 Å². The van der Waals surface area contributed by atoms with Gasteiger partial charge in [-0.05, 0) is 42.2 Å². The molecule has 0 spiro atoms. The zero-order valence-electron chi connectivity index (χ0n) is 15.3. The Morgan fingerprint density at radius 2 is 1.77 bits per heavy atom. The molecule has 0 N–H and O–H groups in total. The summed E-state index contributed by atoms with van der Waals surface area (Å²) in [6.45, 7) is 0.438. The molecule has 0 unspecified atom stereocenters. The zero-order valence-corrected chi connectivity index (χ0v) is 15.3. The highest BCUT2D eigenvalue weighted by Gasteiger charge is 2.36. The van der Waals surface area contributed by atoms with Crippen LogP contribution in [0.3, 0.4) is 0 Å². The van der Waals surface area contributed by atoms with Gasteiger partial charge in [0.25, 0.3) is 0 Å². The van der Waals surface area contributed by atoms with Gasteiger partial charge in [0, 0.05) is 12.0 Å². The van der Waals surface area contributed by atoms with E-state index in [1.54, 1.807) is 21.3 Å². The maximum absolute atomic E-state index is 12.3. The summed E-state index contributed by atoms with van der Waals surface area (Å²) < 4.78 is 21.2. The van der Waals surface area contributed by atoms with Gasteiger partial charge in [-0.3, -0.25) is 4.79 Å². The molecule has 1 saturated heterocycles. The number of hydrogen-bond acceptors (Lipinski definition) is 5. The molecule has 2 aromatic carbocycles. The van der Waals surface area contributed by atoms with E-state index in [9.17, 15) is 4.79 Å². The average Bonchev–Trinajstić information content (AvgIpc) is 3.01. The van der Waals surface area contributed by atoms with Crippen LogP contribution in [0, 0.1) is 17.9 Å². The molecule has 0 aromatic heterocycles. The molecule has 1 heterocycles. The van der Waals surface area contributed by atoms with Crippen molar-refractivity contribution < 1.29 is 23.7 Å². The lowest BCUT2D eigenvalue weighted by molar-refractivity contribution is -0.141. The van der Waals surface area contributed by atoms with Crippen LogP contribution in [0.4, 0.5) is 0 Å². The lowest BCUT2D eigenvalue weighted by atomic mass is 9.85. The lowest BCUT2D eigenvalue weighted by Gasteiger charge is -2.17. The van der Waals surface area contributed by atoms with Gasteiger partial charge in [0.1, 0.15) is 5.75 Å². The summed E-state index contributed by atoms with van der Waals surface area (Å²) in [4.78, 5) is 12.3. The Balaban J connectivity index is 1.75. The first-order valence-corrected chi connectivity index (χ1v) is 8.56. The van der Waals surface area contributed by atoms with Crippen LogP contribution in [0.5, 0.6) is 17.2 Å². The number of ether oxygens (including phenoxy) is 4. The van der Waals surface area contributed by atoms with Crippen molar-refractivity contribution in [3.05, 3.63) is 53.6 Å². The minimum atomic E-state index is -0.171. The summed E-state index contributed by atoms with van der Waals surface area (Å²) in [5, 5.41) is 0. The minimum Gasteiger partial charge on any atom is -0.496 e. The van der Waals surface area contributed by atoms with Crippen LogP contribution in [0.15, 0.2) is 36.4 Å². The summed E-state index contributed by atoms with van der Waals surface area (Å²) in [6.07, 6.45) is 1.37. The predicted molar refractivity (Wildman–Crippen MR) is 96.7 cm³/mol. The molecule has 0 saturated carbocycles. The number of benzene rings is 2. The van der Waals surface area contributed by atoms with Crippen molar-refractivity contribution in [2.24, 2.45) is 11.8 Å². The van der Waals surface area contributed by atoms with E-state index < -0.39 is 0 Å². The van der Waals surface area contributed by atoms with E-state index in [-0.39, 0.29) is 17.8 Å². The number of carbonyl (C=O) groups is 1. The Bertz CT molecular complexity index is 771. The number of methoxy groups -OCH3 is 3. The lowest BCUT2D eigenvalue weighted by Crippen LogP contribution is -2.20. The summed E-state index contributed by atoms with van der Waals surface area (Å²) in [5.41, 5.74) is 2.14. The second-order valence-electron chi connectivity index (χ2n) is 6.36. The van der Waals surface area contributed by atoms with Gasteiger partial charge < -0.3 is 18.9 Å². The Hall–Kier alpha value is -2.69. The monoisotopic (exact) mass is 355 g/mol. The molecule has 1 aliphatic heterocycles. The Labute approximate surface area is 153 Å². The third-order valence-corrected chi connectivity index (χ3v) is 4.77. The molecule has 0 aliphatic carbocycles. The molecule has 26 heavy (non-hydrogen) atoms. The fourth-order valence-electron chi connectivity index (χ4n) is 3.35. The number of cyclic esters (lactones) is 1. The number of rotatable bonds is 7. The van der Waals surface area contributed by atoms with E-state index in [2.05, 4.69) is 6.07 Å². The number of esters is 1. The van der Waals surface area contributed by atoms with Crippen LogP contribution in [0.1, 0.15) is 11.1 Å². The van der Waals surface area contributed by atoms with Gasteiger partial charge in [-0.1, -0.05) is 18.2 Å². The molecule has 3 rings (SSSR count). The van der Waals surface area contributed by atoms with Gasteiger partial charge in [0.05, 0.1) is 33.9 Å². The highest BCUT2D eigenvalue weighted by atomic mass is 16.5. The van der Waals surface area contributed by atoms with Crippen LogP contribution < -0.4 is 14.2 Å². The van der Waals surface area contributed by atoms with E-state index in [0.29, 0.717) is 30.3 Å². The first-order chi connectivity index (χ1) is 12.6. The van der Waals surface area contributed by atoms with E-state index in [1.807, 2.05) is 36.4 Å². The SMILES string of the molecule is COc1[c]ccc(C[C@H]2C(=O)OC[C@@H]2Cc2ccc(OC)c(OC)c2)c1. The number of carbonyl (C=O) groups excluding carboxylic acids is 1. The fourth-order valence-corrected chi connectivity index (χ4v) is 3.35. The highest BCUT2D eigenvalue weighted by Crippen LogP contribution is 2.33. The first kappa shape index (κ1) is 18.1. The molecule has 5 nitrogen and oxygen atoms in total. The van der Waals surface area contributed by atoms with E-state index in [0.717, 1.165) is 17.5 Å². The van der Waals surface area contributed by atoms with Crippen molar-refractivity contribution in [1.82, 2.24) is 0 Å². The predicted octanol–water partition coefficient (Wildman–Crippen LogP) is 3.09. The fraction of sp³-hybridized carbons (Fsp3) is 0.381. The topological polar surface area (TPSA) is 54.0 Å². The molecule has 137 valence electrons. The minimum absolute atomic E-state index is 0.121. The third-order valence-electron chi connectivity index (χ3n) is 4.77. The van der Waals surface area contributed by atoms with Gasteiger partial charge >= 0.3 is 5.97 Å². The summed E-state index contributed by atoms with van der Waals surface area (Å²) in [5.74, 6) is 1.87. The van der Waals surface area contributed by atoms with Crippen molar-refractivity contribution in [2.75, 3.05) is 27.9 Å². The van der Waals surface area contributed by atoms with Gasteiger partial charge in [0.15, 0.2) is 11.5 Å². The summed E-state index contributed by atoms with van der Waals surface area (Å²) in [6, 6.07) is 14.5. The van der Waals surface area contributed by atoms with Gasteiger partial charge in [-0.15, -0.1) is 0 Å². The van der Waals surface area contributed by atoms with Gasteiger partial charge in [-0.25, -0.2) is 0 Å². The van der Waals surface area contributed by atoms with Gasteiger partial charge in [-0.2, -0.15) is 0 Å². The third kappa shape index (κ3) is 3.93. The molecule has 1 aliphatic rings. The van der Waals surface area contributed by atoms with Crippen molar-refractivity contribution in [3.8, 4) is 17.2 Å². The van der Waals surface area contributed by atoms with E-state index in [1.165, 1.54) is 0 Å². The van der Waals surface area contributed by atoms with E-state index in [4.69, 9.17) is 18.9 Å². The van der Waals surface area contributed by atoms with Crippen LogP contribution >= 0.6 is 0 Å². The van der Waals surface area contributed by atoms with Crippen molar-refractivity contribution in [3.63, 3.8) is 0 Å². The normalized spacial score (nSPS) is 19.1. The Kier molecular flexibility index (Phi) is 5.66. The average molecular weight is 355 g/mol. The molecule has 1 radical (unpaired) electrons. The van der Waals surface area contributed by atoms with Crippen LogP contribution in [0.2, 0.25) is 0 Å². The van der Waals surface area contributed by atoms with Crippen molar-refractivity contribution in [1.29, 1.82) is 0 Å². The quantitative estimate of drug-likeness (QED) is 0.715. The molecule has 5 heteroatoms. The molecule has 1 fully saturated rings. The van der Waals surface area contributed by atoms with Crippen LogP contribution in [-0.2, 0) is 22.4 Å². The maximum atomic E-state index is 12.3. The smallest absolute Gasteiger partial charge is 0.309 e. The van der Waals surface area contributed by atoms with Gasteiger partial charge in [0.2, 0.25) is 0 Å². The molecule has 2 aromatic rings. The highest BCUT2D eigenvalue weighted by molar-refractivity contribution is 5.75. The standard InChI is InChI=1S/C21H23O5/c1-23-17-6-4-5-14(10-17)11-18-16(13-26-21(18)22)9-15-7-8-19(24-2)20(12-15)25-3/h4-5,7-8,10,12,16,18H,9,11,13H2,1-3H3/t16-,18+/m0/s1. The second kappa shape index (κ2) is 8.13. The largest absolute Gasteiger partial charge is 0.496 e. The number of hydrogen-bond donors (Lipinski definition) is 0. The molecule has 2 atom stereocenters. The molecule has 0 amide bonds. The first-order valence-electron chi connectivity index (χ1n) is 8.56. The Morgan fingerprint density at radius 1 is 1.00 bits per heavy atom. The van der Waals surface area contributed by atoms with E-state index >= 15 is 0 Å². The maximum Gasteiger partial charge on any atom is 0.309 e. The molecule has 0 bridgehead atoms. The molecular weight excluding hydrogens is 332 g/mol. The van der Waals surface area contributed by atoms with Crippen LogP contribution in [0.25, 0.3) is 0 Å². The summed E-state index contributed by atoms with van der Waals surface area (Å²) >= 11 is 0. The molecular formula is C21H23O5.